The molecule has 9 nitrogen and oxygen atoms in total. The van der Waals surface area contributed by atoms with E-state index in [4.69, 9.17) is 0 Å². The molecule has 1 aromatic carbocycles. The number of aromatic nitrogens is 2. The van der Waals surface area contributed by atoms with Crippen LogP contribution in [0.1, 0.15) is 30.1 Å². The summed E-state index contributed by atoms with van der Waals surface area (Å²) in [7, 11) is 0. The summed E-state index contributed by atoms with van der Waals surface area (Å²) in [5, 5.41) is 3.07. The third-order valence-electron chi connectivity index (χ3n) is 5.79. The number of piperidine rings is 1. The van der Waals surface area contributed by atoms with Crippen molar-refractivity contribution in [2.45, 2.75) is 32.4 Å². The maximum absolute atomic E-state index is 13.1. The quantitative estimate of drug-likeness (QED) is 0.668. The fraction of sp³-hybridized carbons (Fsp3) is 0.500. The average molecular weight is 436 g/mol. The fourth-order valence-electron chi connectivity index (χ4n) is 4.31. The standard InChI is InChI=1S/C20H25N5O4.ClH/c1-2-24-16-6-5-13(10-15(16)22-18(27)20(24)29)19(28)23-8-3-4-14(12-23)25-9-7-21-11-17(25)26;/h5-6,10,14,21H,2-4,7-9,11-12H2,1H3,(H,22,27);1H. The molecule has 0 spiro atoms. The first-order valence-corrected chi connectivity index (χ1v) is 10.1. The molecule has 2 saturated heterocycles. The van der Waals surface area contributed by atoms with Crippen molar-refractivity contribution < 1.29 is 9.59 Å². The van der Waals surface area contributed by atoms with Gasteiger partial charge in [-0.3, -0.25) is 19.2 Å². The molecule has 1 unspecified atom stereocenters. The highest BCUT2D eigenvalue weighted by molar-refractivity contribution is 5.97. The van der Waals surface area contributed by atoms with Crippen LogP contribution in [-0.4, -0.2) is 69.9 Å². The Morgan fingerprint density at radius 1 is 1.20 bits per heavy atom. The van der Waals surface area contributed by atoms with E-state index in [1.54, 1.807) is 30.0 Å². The molecule has 30 heavy (non-hydrogen) atoms. The monoisotopic (exact) mass is 435 g/mol. The number of halogens is 1. The van der Waals surface area contributed by atoms with Gasteiger partial charge in [-0.1, -0.05) is 0 Å². The summed E-state index contributed by atoms with van der Waals surface area (Å²) >= 11 is 0. The molecule has 2 aromatic rings. The van der Waals surface area contributed by atoms with Crippen molar-refractivity contribution in [3.8, 4) is 0 Å². The van der Waals surface area contributed by atoms with E-state index in [2.05, 4.69) is 10.3 Å². The molecule has 2 fully saturated rings. The number of aryl methyl sites for hydroxylation is 1. The van der Waals surface area contributed by atoms with Crippen LogP contribution in [-0.2, 0) is 11.3 Å². The van der Waals surface area contributed by atoms with Gasteiger partial charge in [-0.25, -0.2) is 0 Å². The lowest BCUT2D eigenvalue weighted by atomic mass is 10.0. The Morgan fingerprint density at radius 2 is 2.00 bits per heavy atom. The Morgan fingerprint density at radius 3 is 2.73 bits per heavy atom. The number of H-pyrrole nitrogens is 1. The molecule has 2 aliphatic heterocycles. The van der Waals surface area contributed by atoms with Crippen molar-refractivity contribution >= 4 is 35.3 Å². The summed E-state index contributed by atoms with van der Waals surface area (Å²) in [4.78, 5) is 55.5. The van der Waals surface area contributed by atoms with Gasteiger partial charge in [0, 0.05) is 44.3 Å². The summed E-state index contributed by atoms with van der Waals surface area (Å²) in [5.41, 5.74) is 0.226. The number of likely N-dealkylation sites (tertiary alicyclic amines) is 1. The summed E-state index contributed by atoms with van der Waals surface area (Å²) in [6, 6.07) is 5.05. The van der Waals surface area contributed by atoms with Crippen molar-refractivity contribution in [3.05, 3.63) is 44.5 Å². The largest absolute Gasteiger partial charge is 0.337 e. The van der Waals surface area contributed by atoms with Gasteiger partial charge in [0.2, 0.25) is 5.91 Å². The smallest absolute Gasteiger partial charge is 0.316 e. The van der Waals surface area contributed by atoms with Crippen LogP contribution in [0, 0.1) is 0 Å². The molecule has 4 rings (SSSR count). The number of hydrogen-bond acceptors (Lipinski definition) is 5. The molecule has 162 valence electrons. The molecular formula is C20H26ClN5O4. The average Bonchev–Trinajstić information content (AvgIpc) is 2.74. The molecule has 0 bridgehead atoms. The van der Waals surface area contributed by atoms with E-state index in [9.17, 15) is 19.2 Å². The van der Waals surface area contributed by atoms with Gasteiger partial charge in [0.25, 0.3) is 5.91 Å². The van der Waals surface area contributed by atoms with E-state index in [-0.39, 0.29) is 30.3 Å². The fourth-order valence-corrected chi connectivity index (χ4v) is 4.31. The molecule has 2 amide bonds. The Labute approximate surface area is 179 Å². The molecule has 3 heterocycles. The number of benzene rings is 1. The summed E-state index contributed by atoms with van der Waals surface area (Å²) in [5.74, 6) is -0.0503. The molecule has 0 saturated carbocycles. The lowest BCUT2D eigenvalue weighted by Gasteiger charge is -2.41. The first-order valence-electron chi connectivity index (χ1n) is 10.1. The predicted molar refractivity (Wildman–Crippen MR) is 115 cm³/mol. The van der Waals surface area contributed by atoms with E-state index >= 15 is 0 Å². The second-order valence-corrected chi connectivity index (χ2v) is 7.55. The Kier molecular flexibility index (Phi) is 6.62. The second kappa shape index (κ2) is 9.01. The van der Waals surface area contributed by atoms with Crippen molar-refractivity contribution in [1.82, 2.24) is 24.7 Å². The van der Waals surface area contributed by atoms with Crippen LogP contribution in [0.5, 0.6) is 0 Å². The maximum atomic E-state index is 13.1. The summed E-state index contributed by atoms with van der Waals surface area (Å²) in [6.45, 7) is 5.10. The zero-order valence-electron chi connectivity index (χ0n) is 16.8. The zero-order chi connectivity index (χ0) is 20.5. The Balaban J connectivity index is 0.00000256. The molecule has 2 aliphatic rings. The van der Waals surface area contributed by atoms with Gasteiger partial charge in [-0.05, 0) is 38.0 Å². The van der Waals surface area contributed by atoms with Crippen LogP contribution in [0.3, 0.4) is 0 Å². The van der Waals surface area contributed by atoms with Crippen LogP contribution in [0.25, 0.3) is 11.0 Å². The van der Waals surface area contributed by atoms with Crippen molar-refractivity contribution in [2.75, 3.05) is 32.7 Å². The number of carbonyl (C=O) groups excluding carboxylic acids is 2. The number of nitrogens with zero attached hydrogens (tertiary/aromatic N) is 3. The number of rotatable bonds is 3. The van der Waals surface area contributed by atoms with E-state index in [1.165, 1.54) is 4.57 Å². The van der Waals surface area contributed by atoms with Crippen molar-refractivity contribution in [3.63, 3.8) is 0 Å². The SMILES string of the molecule is CCn1c(=O)c(=O)[nH]c2cc(C(=O)N3CCCC(N4CCNCC4=O)C3)ccc21.Cl. The molecule has 1 aromatic heterocycles. The van der Waals surface area contributed by atoms with Crippen LogP contribution in [0.4, 0.5) is 0 Å². The lowest BCUT2D eigenvalue weighted by molar-refractivity contribution is -0.135. The highest BCUT2D eigenvalue weighted by atomic mass is 35.5. The van der Waals surface area contributed by atoms with Crippen molar-refractivity contribution in [2.24, 2.45) is 0 Å². The van der Waals surface area contributed by atoms with Crippen LogP contribution < -0.4 is 16.4 Å². The third kappa shape index (κ3) is 3.99. The van der Waals surface area contributed by atoms with Crippen molar-refractivity contribution in [1.29, 1.82) is 0 Å². The van der Waals surface area contributed by atoms with Crippen LogP contribution >= 0.6 is 12.4 Å². The first kappa shape index (κ1) is 22.0. The normalized spacial score (nSPS) is 19.6. The maximum Gasteiger partial charge on any atom is 0.316 e. The highest BCUT2D eigenvalue weighted by Crippen LogP contribution is 2.20. The van der Waals surface area contributed by atoms with Gasteiger partial charge < -0.3 is 24.7 Å². The number of hydrogen-bond donors (Lipinski definition) is 2. The second-order valence-electron chi connectivity index (χ2n) is 7.55. The zero-order valence-corrected chi connectivity index (χ0v) is 17.7. The Hall–Kier alpha value is -2.65. The minimum absolute atomic E-state index is 0. The molecule has 0 radical (unpaired) electrons. The summed E-state index contributed by atoms with van der Waals surface area (Å²) in [6.07, 6.45) is 1.73. The Bertz CT molecular complexity index is 1080. The number of amides is 2. The number of fused-ring (bicyclic) bond motifs is 1. The van der Waals surface area contributed by atoms with Gasteiger partial charge in [-0.15, -0.1) is 12.4 Å². The minimum atomic E-state index is -0.695. The highest BCUT2D eigenvalue weighted by Gasteiger charge is 2.32. The summed E-state index contributed by atoms with van der Waals surface area (Å²) < 4.78 is 1.40. The number of piperazine rings is 1. The molecule has 0 aliphatic carbocycles. The molecular weight excluding hydrogens is 410 g/mol. The third-order valence-corrected chi connectivity index (χ3v) is 5.79. The number of aromatic amines is 1. The number of carbonyl (C=O) groups is 2. The molecule has 2 N–H and O–H groups in total. The van der Waals surface area contributed by atoms with E-state index in [1.807, 2.05) is 4.90 Å². The van der Waals surface area contributed by atoms with Gasteiger partial charge in [0.1, 0.15) is 0 Å². The number of nitrogens with one attached hydrogen (secondary N) is 2. The van der Waals surface area contributed by atoms with Gasteiger partial charge in [-0.2, -0.15) is 0 Å². The van der Waals surface area contributed by atoms with Crippen LogP contribution in [0.15, 0.2) is 27.8 Å². The predicted octanol–water partition coefficient (Wildman–Crippen LogP) is 0.168. The first-order chi connectivity index (χ1) is 14.0. The van der Waals surface area contributed by atoms with Gasteiger partial charge in [0.05, 0.1) is 17.6 Å². The topological polar surface area (TPSA) is 108 Å². The van der Waals surface area contributed by atoms with E-state index in [0.29, 0.717) is 49.3 Å². The molecule has 10 heteroatoms. The van der Waals surface area contributed by atoms with Gasteiger partial charge in [0.15, 0.2) is 0 Å². The minimum Gasteiger partial charge on any atom is -0.337 e. The van der Waals surface area contributed by atoms with E-state index < -0.39 is 11.1 Å². The van der Waals surface area contributed by atoms with E-state index in [0.717, 1.165) is 19.4 Å². The molecule has 1 atom stereocenters. The lowest BCUT2D eigenvalue weighted by Crippen LogP contribution is -2.57. The van der Waals surface area contributed by atoms with Crippen LogP contribution in [0.2, 0.25) is 0 Å². The van der Waals surface area contributed by atoms with Gasteiger partial charge >= 0.3 is 11.1 Å².